The lowest BCUT2D eigenvalue weighted by atomic mass is 10.2. The number of aromatic nitrogens is 4. The Kier molecular flexibility index (Phi) is 7.47. The van der Waals surface area contributed by atoms with Crippen LogP contribution in [0.4, 0.5) is 5.13 Å². The summed E-state index contributed by atoms with van der Waals surface area (Å²) in [7, 11) is 0. The molecule has 0 spiro atoms. The van der Waals surface area contributed by atoms with Crippen LogP contribution in [0.2, 0.25) is 0 Å². The zero-order valence-electron chi connectivity index (χ0n) is 17.4. The molecule has 2 aromatic heterocycles. The maximum absolute atomic E-state index is 12.2. The van der Waals surface area contributed by atoms with Crippen molar-refractivity contribution in [2.45, 2.75) is 24.1 Å². The van der Waals surface area contributed by atoms with Crippen molar-refractivity contribution in [2.24, 2.45) is 0 Å². The van der Waals surface area contributed by atoms with Crippen LogP contribution in [-0.4, -0.2) is 38.6 Å². The number of para-hydroxylation sites is 1. The highest BCUT2D eigenvalue weighted by Crippen LogP contribution is 2.26. The van der Waals surface area contributed by atoms with Crippen molar-refractivity contribution in [1.29, 1.82) is 0 Å². The number of hydrogen-bond acceptors (Lipinski definition) is 9. The van der Waals surface area contributed by atoms with Gasteiger partial charge in [0.2, 0.25) is 22.8 Å². The van der Waals surface area contributed by atoms with Crippen LogP contribution >= 0.6 is 23.1 Å². The summed E-state index contributed by atoms with van der Waals surface area (Å²) in [5, 5.41) is 15.3. The number of anilines is 1. The summed E-state index contributed by atoms with van der Waals surface area (Å²) in [6.45, 7) is 2.58. The second kappa shape index (κ2) is 10.9. The zero-order chi connectivity index (χ0) is 22.2. The number of thioether (sulfide) groups is 1. The van der Waals surface area contributed by atoms with Gasteiger partial charge in [-0.1, -0.05) is 76.8 Å². The molecule has 8 nitrogen and oxygen atoms in total. The van der Waals surface area contributed by atoms with Crippen LogP contribution in [0.25, 0.3) is 11.4 Å². The third-order valence-electron chi connectivity index (χ3n) is 4.38. The molecular weight excluding hydrogens is 446 g/mol. The molecule has 0 aliphatic rings. The van der Waals surface area contributed by atoms with E-state index >= 15 is 0 Å². The standard InChI is InChI=1S/C22H21N5O3S2/c1-15-7-5-6-10-17(15)29-13-14-31-22-26-25-21(32-22)23-18(28)11-12-19-24-20(27-30-19)16-8-3-2-4-9-16/h2-10H,11-14H2,1H3,(H,23,25,28). The van der Waals surface area contributed by atoms with Gasteiger partial charge < -0.3 is 14.6 Å². The van der Waals surface area contributed by atoms with Crippen LogP contribution in [0.5, 0.6) is 5.75 Å². The number of hydrogen-bond donors (Lipinski definition) is 1. The minimum Gasteiger partial charge on any atom is -0.492 e. The molecule has 0 aliphatic carbocycles. The lowest BCUT2D eigenvalue weighted by Crippen LogP contribution is -2.12. The molecule has 0 radical (unpaired) electrons. The predicted molar refractivity (Wildman–Crippen MR) is 124 cm³/mol. The van der Waals surface area contributed by atoms with Gasteiger partial charge in [0.25, 0.3) is 0 Å². The third kappa shape index (κ3) is 6.14. The summed E-state index contributed by atoms with van der Waals surface area (Å²) < 4.78 is 11.8. The topological polar surface area (TPSA) is 103 Å². The number of nitrogens with one attached hydrogen (secondary N) is 1. The highest BCUT2D eigenvalue weighted by Gasteiger charge is 2.13. The highest BCUT2D eigenvalue weighted by atomic mass is 32.2. The van der Waals surface area contributed by atoms with E-state index < -0.39 is 0 Å². The van der Waals surface area contributed by atoms with Crippen molar-refractivity contribution in [3.05, 3.63) is 66.1 Å². The molecule has 0 unspecified atom stereocenters. The second-order valence-corrected chi connectivity index (χ2v) is 9.08. The first-order chi connectivity index (χ1) is 15.7. The molecule has 4 rings (SSSR count). The summed E-state index contributed by atoms with van der Waals surface area (Å²) in [4.78, 5) is 16.6. The Balaban J connectivity index is 1.18. The summed E-state index contributed by atoms with van der Waals surface area (Å²) in [5.74, 6) is 2.37. The van der Waals surface area contributed by atoms with Crippen LogP contribution < -0.4 is 10.1 Å². The fourth-order valence-electron chi connectivity index (χ4n) is 2.78. The smallest absolute Gasteiger partial charge is 0.227 e. The molecular formula is C22H21N5O3S2. The Morgan fingerprint density at radius 3 is 2.78 bits per heavy atom. The van der Waals surface area contributed by atoms with Gasteiger partial charge in [0.15, 0.2) is 4.34 Å². The molecule has 10 heteroatoms. The van der Waals surface area contributed by atoms with Gasteiger partial charge in [0, 0.05) is 24.2 Å². The largest absolute Gasteiger partial charge is 0.492 e. The number of carbonyl (C=O) groups excluding carboxylic acids is 1. The third-order valence-corrected chi connectivity index (χ3v) is 6.32. The molecule has 0 atom stereocenters. The number of nitrogens with zero attached hydrogens (tertiary/aromatic N) is 4. The normalized spacial score (nSPS) is 10.8. The van der Waals surface area contributed by atoms with Crippen molar-refractivity contribution < 1.29 is 14.1 Å². The average molecular weight is 468 g/mol. The maximum atomic E-state index is 12.2. The van der Waals surface area contributed by atoms with Crippen LogP contribution in [0, 0.1) is 6.92 Å². The summed E-state index contributed by atoms with van der Waals surface area (Å²) in [5.41, 5.74) is 1.98. The van der Waals surface area contributed by atoms with Crippen molar-refractivity contribution in [3.8, 4) is 17.1 Å². The van der Waals surface area contributed by atoms with Crippen LogP contribution in [0.1, 0.15) is 17.9 Å². The zero-order valence-corrected chi connectivity index (χ0v) is 19.0. The van der Waals surface area contributed by atoms with Crippen molar-refractivity contribution >= 4 is 34.1 Å². The van der Waals surface area contributed by atoms with Crippen LogP contribution in [0.3, 0.4) is 0 Å². The van der Waals surface area contributed by atoms with Crippen LogP contribution in [-0.2, 0) is 11.2 Å². The minimum absolute atomic E-state index is 0.181. The number of rotatable bonds is 10. The quantitative estimate of drug-likeness (QED) is 0.204. The monoisotopic (exact) mass is 467 g/mol. The Bertz CT molecular complexity index is 1160. The van der Waals surface area contributed by atoms with E-state index in [4.69, 9.17) is 9.26 Å². The molecule has 4 aromatic rings. The summed E-state index contributed by atoms with van der Waals surface area (Å²) in [6.07, 6.45) is 0.561. The lowest BCUT2D eigenvalue weighted by Gasteiger charge is -2.07. The van der Waals surface area contributed by atoms with E-state index in [-0.39, 0.29) is 12.3 Å². The van der Waals surface area contributed by atoms with E-state index in [9.17, 15) is 4.79 Å². The SMILES string of the molecule is Cc1ccccc1OCCSc1nnc(NC(=O)CCc2nc(-c3ccccc3)no2)s1. The molecule has 0 aliphatic heterocycles. The van der Waals surface area contributed by atoms with Gasteiger partial charge >= 0.3 is 0 Å². The predicted octanol–water partition coefficient (Wildman–Crippen LogP) is 4.64. The molecule has 0 saturated carbocycles. The van der Waals surface area contributed by atoms with Crippen molar-refractivity contribution in [1.82, 2.24) is 20.3 Å². The first-order valence-corrected chi connectivity index (χ1v) is 11.8. The first kappa shape index (κ1) is 22.0. The number of benzene rings is 2. The lowest BCUT2D eigenvalue weighted by molar-refractivity contribution is -0.116. The fourth-order valence-corrected chi connectivity index (χ4v) is 4.44. The van der Waals surface area contributed by atoms with Gasteiger partial charge in [-0.25, -0.2) is 0 Å². The van der Waals surface area contributed by atoms with Gasteiger partial charge in [-0.2, -0.15) is 4.98 Å². The summed E-state index contributed by atoms with van der Waals surface area (Å²) in [6, 6.07) is 17.5. The van der Waals surface area contributed by atoms with E-state index in [0.29, 0.717) is 29.9 Å². The molecule has 2 aromatic carbocycles. The Hall–Kier alpha value is -3.24. The Morgan fingerprint density at radius 1 is 1.12 bits per heavy atom. The highest BCUT2D eigenvalue weighted by molar-refractivity contribution is 8.01. The van der Waals surface area contributed by atoms with E-state index in [2.05, 4.69) is 25.7 Å². The van der Waals surface area contributed by atoms with Gasteiger partial charge in [-0.15, -0.1) is 10.2 Å². The van der Waals surface area contributed by atoms with E-state index in [1.165, 1.54) is 23.1 Å². The Labute approximate surface area is 193 Å². The number of carbonyl (C=O) groups is 1. The molecule has 1 N–H and O–H groups in total. The van der Waals surface area contributed by atoms with E-state index in [1.807, 2.05) is 61.5 Å². The molecule has 2 heterocycles. The summed E-state index contributed by atoms with van der Waals surface area (Å²) >= 11 is 2.88. The van der Waals surface area contributed by atoms with Gasteiger partial charge in [0.1, 0.15) is 5.75 Å². The molecule has 164 valence electrons. The second-order valence-electron chi connectivity index (χ2n) is 6.76. The fraction of sp³-hybridized carbons (Fsp3) is 0.227. The average Bonchev–Trinajstić information content (AvgIpc) is 3.47. The van der Waals surface area contributed by atoms with Gasteiger partial charge in [0.05, 0.1) is 6.61 Å². The van der Waals surface area contributed by atoms with Gasteiger partial charge in [-0.05, 0) is 18.6 Å². The van der Waals surface area contributed by atoms with Crippen LogP contribution in [0.15, 0.2) is 63.5 Å². The van der Waals surface area contributed by atoms with E-state index in [1.54, 1.807) is 0 Å². The Morgan fingerprint density at radius 2 is 1.94 bits per heavy atom. The number of amides is 1. The first-order valence-electron chi connectivity index (χ1n) is 10.00. The molecule has 0 fully saturated rings. The molecule has 32 heavy (non-hydrogen) atoms. The molecule has 1 amide bonds. The van der Waals surface area contributed by atoms with Crippen molar-refractivity contribution in [2.75, 3.05) is 17.7 Å². The molecule has 0 bridgehead atoms. The van der Waals surface area contributed by atoms with Crippen molar-refractivity contribution in [3.63, 3.8) is 0 Å². The van der Waals surface area contributed by atoms with Gasteiger partial charge in [-0.3, -0.25) is 4.79 Å². The van der Waals surface area contributed by atoms with E-state index in [0.717, 1.165) is 27.0 Å². The number of ether oxygens (including phenoxy) is 1. The molecule has 0 saturated heterocycles. The minimum atomic E-state index is -0.181. The maximum Gasteiger partial charge on any atom is 0.227 e. The number of aryl methyl sites for hydroxylation is 2.